The van der Waals surface area contributed by atoms with Gasteiger partial charge in [0.1, 0.15) is 5.82 Å². The molecule has 1 amide bonds. The lowest BCUT2D eigenvalue weighted by Crippen LogP contribution is -2.29. The molecule has 0 saturated carbocycles. The number of nitrogens with one attached hydrogen (secondary N) is 2. The van der Waals surface area contributed by atoms with E-state index in [0.717, 1.165) is 11.3 Å². The van der Waals surface area contributed by atoms with Crippen molar-refractivity contribution in [3.05, 3.63) is 65.5 Å². The van der Waals surface area contributed by atoms with E-state index in [2.05, 4.69) is 10.6 Å². The first-order valence-electron chi connectivity index (χ1n) is 6.96. The van der Waals surface area contributed by atoms with Gasteiger partial charge in [0.25, 0.3) is 0 Å². The highest BCUT2D eigenvalue weighted by Gasteiger charge is 2.03. The maximum absolute atomic E-state index is 13.4. The summed E-state index contributed by atoms with van der Waals surface area (Å²) in [5.41, 5.74) is 2.54. The minimum Gasteiger partial charge on any atom is -0.325 e. The minimum absolute atomic E-state index is 0.103. The fourth-order valence-electron chi connectivity index (χ4n) is 2.05. The lowest BCUT2D eigenvalue weighted by atomic mass is 10.1. The molecule has 0 atom stereocenters. The molecule has 0 aromatic heterocycles. The van der Waals surface area contributed by atoms with Gasteiger partial charge in [0.05, 0.1) is 6.54 Å². The van der Waals surface area contributed by atoms with Crippen LogP contribution in [0, 0.1) is 12.7 Å². The van der Waals surface area contributed by atoms with Crippen molar-refractivity contribution in [1.82, 2.24) is 5.32 Å². The summed E-state index contributed by atoms with van der Waals surface area (Å²) in [6.07, 6.45) is 0.560. The molecule has 0 radical (unpaired) electrons. The molecule has 0 bridgehead atoms. The van der Waals surface area contributed by atoms with E-state index < -0.39 is 0 Å². The van der Waals surface area contributed by atoms with Crippen molar-refractivity contribution >= 4 is 11.6 Å². The van der Waals surface area contributed by atoms with Gasteiger partial charge in [-0.25, -0.2) is 4.39 Å². The van der Waals surface area contributed by atoms with Gasteiger partial charge in [-0.1, -0.05) is 30.3 Å². The summed E-state index contributed by atoms with van der Waals surface area (Å²) in [6.45, 7) is 2.74. The monoisotopic (exact) mass is 286 g/mol. The number of halogens is 1. The molecule has 2 rings (SSSR count). The van der Waals surface area contributed by atoms with Crippen LogP contribution in [0.2, 0.25) is 0 Å². The summed E-state index contributed by atoms with van der Waals surface area (Å²) in [6, 6.07) is 14.3. The Kier molecular flexibility index (Phi) is 5.46. The highest BCUT2D eigenvalue weighted by molar-refractivity contribution is 5.92. The summed E-state index contributed by atoms with van der Waals surface area (Å²) < 4.78 is 13.4. The Morgan fingerprint density at radius 3 is 2.71 bits per heavy atom. The van der Waals surface area contributed by atoms with Crippen molar-refractivity contribution < 1.29 is 9.18 Å². The van der Waals surface area contributed by atoms with Crippen LogP contribution >= 0.6 is 0 Å². The van der Waals surface area contributed by atoms with E-state index in [4.69, 9.17) is 0 Å². The van der Waals surface area contributed by atoms with Crippen molar-refractivity contribution in [3.63, 3.8) is 0 Å². The third kappa shape index (κ3) is 5.00. The second-order valence-electron chi connectivity index (χ2n) is 4.94. The fourth-order valence-corrected chi connectivity index (χ4v) is 2.05. The van der Waals surface area contributed by atoms with Gasteiger partial charge in [-0.3, -0.25) is 4.79 Å². The minimum atomic E-state index is -0.205. The van der Waals surface area contributed by atoms with Gasteiger partial charge in [0.2, 0.25) is 5.91 Å². The van der Waals surface area contributed by atoms with Gasteiger partial charge in [-0.15, -0.1) is 0 Å². The van der Waals surface area contributed by atoms with E-state index >= 15 is 0 Å². The van der Waals surface area contributed by atoms with Crippen LogP contribution < -0.4 is 10.6 Å². The maximum atomic E-state index is 13.4. The summed E-state index contributed by atoms with van der Waals surface area (Å²) in [5, 5.41) is 5.83. The zero-order valence-corrected chi connectivity index (χ0v) is 12.0. The topological polar surface area (TPSA) is 41.1 Å². The number of rotatable bonds is 6. The molecular weight excluding hydrogens is 267 g/mol. The molecule has 0 heterocycles. The van der Waals surface area contributed by atoms with Crippen molar-refractivity contribution in [2.75, 3.05) is 18.4 Å². The van der Waals surface area contributed by atoms with Crippen LogP contribution in [0.25, 0.3) is 0 Å². The number of anilines is 1. The van der Waals surface area contributed by atoms with Crippen molar-refractivity contribution in [3.8, 4) is 0 Å². The number of aryl methyl sites for hydroxylation is 1. The van der Waals surface area contributed by atoms with Gasteiger partial charge < -0.3 is 10.6 Å². The van der Waals surface area contributed by atoms with E-state index in [9.17, 15) is 9.18 Å². The normalized spacial score (nSPS) is 10.4. The average Bonchev–Trinajstić information content (AvgIpc) is 2.45. The molecule has 2 aromatic rings. The second-order valence-corrected chi connectivity index (χ2v) is 4.94. The summed E-state index contributed by atoms with van der Waals surface area (Å²) in [5.74, 6) is -0.308. The summed E-state index contributed by atoms with van der Waals surface area (Å²) in [4.78, 5) is 11.8. The lowest BCUT2D eigenvalue weighted by Gasteiger charge is -2.08. The summed E-state index contributed by atoms with van der Waals surface area (Å²) >= 11 is 0. The van der Waals surface area contributed by atoms with Gasteiger partial charge in [-0.05, 0) is 49.2 Å². The molecule has 3 nitrogen and oxygen atoms in total. The standard InChI is InChI=1S/C17H19FN2O/c1-13-5-4-7-15(11-13)20-17(21)12-19-10-9-14-6-2-3-8-16(14)18/h2-8,11,19H,9-10,12H2,1H3,(H,20,21). The fraction of sp³-hybridized carbons (Fsp3) is 0.235. The highest BCUT2D eigenvalue weighted by atomic mass is 19.1. The molecule has 0 saturated heterocycles. The van der Waals surface area contributed by atoms with Crippen LogP contribution in [0.4, 0.5) is 10.1 Å². The predicted octanol–water partition coefficient (Wildman–Crippen LogP) is 2.90. The number of amides is 1. The molecule has 2 aromatic carbocycles. The molecule has 21 heavy (non-hydrogen) atoms. The van der Waals surface area contributed by atoms with Crippen molar-refractivity contribution in [2.45, 2.75) is 13.3 Å². The molecule has 0 fully saturated rings. The van der Waals surface area contributed by atoms with E-state index in [1.165, 1.54) is 6.07 Å². The molecule has 0 aliphatic rings. The van der Waals surface area contributed by atoms with Gasteiger partial charge >= 0.3 is 0 Å². The molecule has 0 aliphatic heterocycles. The Labute approximate surface area is 124 Å². The number of benzene rings is 2. The second kappa shape index (κ2) is 7.55. The molecule has 0 spiro atoms. The van der Waals surface area contributed by atoms with Crippen molar-refractivity contribution in [2.24, 2.45) is 0 Å². The van der Waals surface area contributed by atoms with Crippen LogP contribution in [0.1, 0.15) is 11.1 Å². The maximum Gasteiger partial charge on any atom is 0.238 e. The Hall–Kier alpha value is -2.20. The van der Waals surface area contributed by atoms with Crippen LogP contribution in [-0.4, -0.2) is 19.0 Å². The molecule has 110 valence electrons. The number of hydrogen-bond donors (Lipinski definition) is 2. The van der Waals surface area contributed by atoms with E-state index in [-0.39, 0.29) is 18.3 Å². The highest BCUT2D eigenvalue weighted by Crippen LogP contribution is 2.09. The van der Waals surface area contributed by atoms with Crippen LogP contribution in [0.3, 0.4) is 0 Å². The first kappa shape index (κ1) is 15.2. The SMILES string of the molecule is Cc1cccc(NC(=O)CNCCc2ccccc2F)c1. The lowest BCUT2D eigenvalue weighted by molar-refractivity contribution is -0.115. The Balaban J connectivity index is 1.71. The quantitative estimate of drug-likeness (QED) is 0.802. The summed E-state index contributed by atoms with van der Waals surface area (Å²) in [7, 11) is 0. The van der Waals surface area contributed by atoms with Gasteiger partial charge in [0.15, 0.2) is 0 Å². The zero-order valence-electron chi connectivity index (χ0n) is 12.0. The third-order valence-corrected chi connectivity index (χ3v) is 3.12. The van der Waals surface area contributed by atoms with E-state index in [1.54, 1.807) is 12.1 Å². The smallest absolute Gasteiger partial charge is 0.238 e. The third-order valence-electron chi connectivity index (χ3n) is 3.12. The van der Waals surface area contributed by atoms with E-state index in [0.29, 0.717) is 18.5 Å². The Morgan fingerprint density at radius 1 is 1.14 bits per heavy atom. The molecule has 0 unspecified atom stereocenters. The predicted molar refractivity (Wildman–Crippen MR) is 82.8 cm³/mol. The molecule has 2 N–H and O–H groups in total. The van der Waals surface area contributed by atoms with Crippen LogP contribution in [0.5, 0.6) is 0 Å². The number of carbonyl (C=O) groups is 1. The first-order valence-corrected chi connectivity index (χ1v) is 6.96. The first-order chi connectivity index (χ1) is 10.1. The van der Waals surface area contributed by atoms with Crippen LogP contribution in [0.15, 0.2) is 48.5 Å². The zero-order chi connectivity index (χ0) is 15.1. The number of hydrogen-bond acceptors (Lipinski definition) is 2. The Bertz CT molecular complexity index is 613. The van der Waals surface area contributed by atoms with Gasteiger partial charge in [-0.2, -0.15) is 0 Å². The number of carbonyl (C=O) groups excluding carboxylic acids is 1. The molecular formula is C17H19FN2O. The Morgan fingerprint density at radius 2 is 1.95 bits per heavy atom. The molecule has 0 aliphatic carbocycles. The van der Waals surface area contributed by atoms with Crippen LogP contribution in [-0.2, 0) is 11.2 Å². The molecule has 4 heteroatoms. The van der Waals surface area contributed by atoms with Crippen molar-refractivity contribution in [1.29, 1.82) is 0 Å². The average molecular weight is 286 g/mol. The van der Waals surface area contributed by atoms with E-state index in [1.807, 2.05) is 37.3 Å². The largest absolute Gasteiger partial charge is 0.325 e. The van der Waals surface area contributed by atoms with Gasteiger partial charge in [0, 0.05) is 5.69 Å².